The first-order valence-corrected chi connectivity index (χ1v) is 17.6. The number of benzene rings is 8. The lowest BCUT2D eigenvalue weighted by atomic mass is 9.90. The Labute approximate surface area is 301 Å². The standard InChI is InChI=1S/C49H32N2O/c1-3-12-33(13-4-1)34-22-25-38(26-23-34)51(46-30-31-50-47-44-28-24-37-17-8-10-20-41(37)48(44)52-49(46)47)39-27-29-43(45(32-39)36-14-5-2-6-15-36)42-21-11-18-35-16-7-9-19-40(35)42/h1-32H. The van der Waals surface area contributed by atoms with Crippen molar-refractivity contribution in [2.75, 3.05) is 4.90 Å². The van der Waals surface area contributed by atoms with Gasteiger partial charge in [0.1, 0.15) is 11.1 Å². The summed E-state index contributed by atoms with van der Waals surface area (Å²) in [6, 6.07) is 66.7. The lowest BCUT2D eigenvalue weighted by molar-refractivity contribution is 0.672. The topological polar surface area (TPSA) is 29.3 Å². The predicted molar refractivity (Wildman–Crippen MR) is 218 cm³/mol. The number of fused-ring (bicyclic) bond motifs is 6. The molecule has 10 rings (SSSR count). The molecule has 0 N–H and O–H groups in total. The lowest BCUT2D eigenvalue weighted by Crippen LogP contribution is -2.11. The Morgan fingerprint density at radius 2 is 1.02 bits per heavy atom. The Hall–Kier alpha value is -6.97. The molecule has 0 aliphatic heterocycles. The Balaban J connectivity index is 1.23. The summed E-state index contributed by atoms with van der Waals surface area (Å²) in [6.07, 6.45) is 1.90. The zero-order chi connectivity index (χ0) is 34.4. The van der Waals surface area contributed by atoms with Gasteiger partial charge in [0, 0.05) is 28.3 Å². The van der Waals surface area contributed by atoms with Crippen molar-refractivity contribution in [1.29, 1.82) is 0 Å². The van der Waals surface area contributed by atoms with Crippen LogP contribution in [0.25, 0.3) is 77.0 Å². The maximum Gasteiger partial charge on any atom is 0.177 e. The summed E-state index contributed by atoms with van der Waals surface area (Å²) in [4.78, 5) is 7.20. The van der Waals surface area contributed by atoms with Crippen molar-refractivity contribution in [1.82, 2.24) is 4.98 Å². The van der Waals surface area contributed by atoms with Gasteiger partial charge in [0.15, 0.2) is 5.58 Å². The first kappa shape index (κ1) is 29.9. The van der Waals surface area contributed by atoms with Crippen molar-refractivity contribution < 1.29 is 4.42 Å². The molecule has 2 heterocycles. The summed E-state index contributed by atoms with van der Waals surface area (Å²) in [5.74, 6) is 0. The first-order valence-electron chi connectivity index (χ1n) is 17.6. The lowest BCUT2D eigenvalue weighted by Gasteiger charge is -2.27. The van der Waals surface area contributed by atoms with E-state index in [1.807, 2.05) is 6.20 Å². The Morgan fingerprint density at radius 3 is 1.81 bits per heavy atom. The van der Waals surface area contributed by atoms with Gasteiger partial charge in [-0.05, 0) is 85.9 Å². The van der Waals surface area contributed by atoms with Gasteiger partial charge in [0.2, 0.25) is 0 Å². The fraction of sp³-hybridized carbons (Fsp3) is 0. The number of furan rings is 1. The molecule has 0 atom stereocenters. The predicted octanol–water partition coefficient (Wildman–Crippen LogP) is 13.8. The molecule has 0 fully saturated rings. The minimum absolute atomic E-state index is 0.750. The SMILES string of the molecule is c1ccc(-c2ccc(N(c3ccc(-c4cccc5ccccc45)c(-c4ccccc4)c3)c3ccnc4c3oc3c5ccccc5ccc43)cc2)cc1. The van der Waals surface area contributed by atoms with E-state index in [4.69, 9.17) is 9.40 Å². The highest BCUT2D eigenvalue weighted by Gasteiger charge is 2.23. The van der Waals surface area contributed by atoms with Gasteiger partial charge in [-0.25, -0.2) is 0 Å². The van der Waals surface area contributed by atoms with E-state index in [0.717, 1.165) is 66.6 Å². The highest BCUT2D eigenvalue weighted by atomic mass is 16.3. The van der Waals surface area contributed by atoms with Crippen molar-refractivity contribution in [3.8, 4) is 33.4 Å². The highest BCUT2D eigenvalue weighted by Crippen LogP contribution is 2.46. The molecule has 0 aliphatic carbocycles. The van der Waals surface area contributed by atoms with E-state index in [9.17, 15) is 0 Å². The number of pyridine rings is 1. The minimum Gasteiger partial charge on any atom is -0.451 e. The van der Waals surface area contributed by atoms with Crippen LogP contribution in [0.4, 0.5) is 17.1 Å². The Morgan fingerprint density at radius 1 is 0.385 bits per heavy atom. The summed E-state index contributed by atoms with van der Waals surface area (Å²) < 4.78 is 6.87. The zero-order valence-corrected chi connectivity index (χ0v) is 28.3. The van der Waals surface area contributed by atoms with Crippen LogP contribution in [-0.2, 0) is 0 Å². The van der Waals surface area contributed by atoms with Gasteiger partial charge in [-0.1, -0.05) is 152 Å². The van der Waals surface area contributed by atoms with E-state index < -0.39 is 0 Å². The molecule has 0 saturated carbocycles. The molecule has 0 saturated heterocycles. The van der Waals surface area contributed by atoms with Crippen LogP contribution in [0, 0.1) is 0 Å². The third kappa shape index (κ3) is 5.02. The van der Waals surface area contributed by atoms with Crippen LogP contribution in [0.1, 0.15) is 0 Å². The molecular weight excluding hydrogens is 633 g/mol. The van der Waals surface area contributed by atoms with Crippen molar-refractivity contribution in [2.45, 2.75) is 0 Å². The first-order chi connectivity index (χ1) is 25.8. The van der Waals surface area contributed by atoms with E-state index in [1.54, 1.807) is 0 Å². The van der Waals surface area contributed by atoms with Gasteiger partial charge in [-0.15, -0.1) is 0 Å². The smallest absolute Gasteiger partial charge is 0.177 e. The summed E-state index contributed by atoms with van der Waals surface area (Å²) in [6.45, 7) is 0. The number of hydrogen-bond donors (Lipinski definition) is 0. The minimum atomic E-state index is 0.750. The van der Waals surface area contributed by atoms with Gasteiger partial charge < -0.3 is 9.32 Å². The van der Waals surface area contributed by atoms with Crippen LogP contribution >= 0.6 is 0 Å². The molecule has 3 heteroatoms. The fourth-order valence-corrected chi connectivity index (χ4v) is 7.63. The quantitative estimate of drug-likeness (QED) is 0.177. The molecular formula is C49H32N2O. The van der Waals surface area contributed by atoms with Crippen LogP contribution in [0.3, 0.4) is 0 Å². The highest BCUT2D eigenvalue weighted by molar-refractivity contribution is 6.16. The third-order valence-electron chi connectivity index (χ3n) is 10.1. The third-order valence-corrected chi connectivity index (χ3v) is 10.1. The van der Waals surface area contributed by atoms with Gasteiger partial charge in [0.05, 0.1) is 5.69 Å². The second-order valence-corrected chi connectivity index (χ2v) is 13.1. The molecule has 8 aromatic carbocycles. The van der Waals surface area contributed by atoms with Crippen molar-refractivity contribution in [2.24, 2.45) is 0 Å². The van der Waals surface area contributed by atoms with Crippen LogP contribution in [0.5, 0.6) is 0 Å². The van der Waals surface area contributed by atoms with Gasteiger partial charge in [-0.2, -0.15) is 0 Å². The number of aromatic nitrogens is 1. The average molecular weight is 665 g/mol. The number of anilines is 3. The van der Waals surface area contributed by atoms with Gasteiger partial charge >= 0.3 is 0 Å². The molecule has 0 amide bonds. The molecule has 244 valence electrons. The van der Waals surface area contributed by atoms with Crippen molar-refractivity contribution >= 4 is 60.7 Å². The molecule has 0 unspecified atom stereocenters. The molecule has 10 aromatic rings. The van der Waals surface area contributed by atoms with Gasteiger partial charge in [-0.3, -0.25) is 4.98 Å². The number of hydrogen-bond acceptors (Lipinski definition) is 3. The summed E-state index contributed by atoms with van der Waals surface area (Å²) >= 11 is 0. The van der Waals surface area contributed by atoms with Crippen LogP contribution in [-0.4, -0.2) is 4.98 Å². The molecule has 52 heavy (non-hydrogen) atoms. The molecule has 0 bridgehead atoms. The van der Waals surface area contributed by atoms with Crippen LogP contribution in [0.15, 0.2) is 199 Å². The summed E-state index contributed by atoms with van der Waals surface area (Å²) in [5, 5.41) is 5.67. The molecule has 3 nitrogen and oxygen atoms in total. The van der Waals surface area contributed by atoms with Crippen molar-refractivity contribution in [3.63, 3.8) is 0 Å². The Bertz CT molecular complexity index is 2890. The summed E-state index contributed by atoms with van der Waals surface area (Å²) in [7, 11) is 0. The van der Waals surface area contributed by atoms with Crippen molar-refractivity contribution in [3.05, 3.63) is 194 Å². The monoisotopic (exact) mass is 664 g/mol. The van der Waals surface area contributed by atoms with Crippen LogP contribution < -0.4 is 4.90 Å². The maximum atomic E-state index is 6.87. The molecule has 0 aliphatic rings. The largest absolute Gasteiger partial charge is 0.451 e. The second-order valence-electron chi connectivity index (χ2n) is 13.1. The average Bonchev–Trinajstić information content (AvgIpc) is 3.62. The normalized spacial score (nSPS) is 11.5. The van der Waals surface area contributed by atoms with E-state index in [2.05, 4.69) is 193 Å². The second kappa shape index (κ2) is 12.4. The van der Waals surface area contributed by atoms with E-state index >= 15 is 0 Å². The molecule has 0 radical (unpaired) electrons. The summed E-state index contributed by atoms with van der Waals surface area (Å²) in [5.41, 5.74) is 12.5. The van der Waals surface area contributed by atoms with E-state index in [0.29, 0.717) is 0 Å². The maximum absolute atomic E-state index is 6.87. The van der Waals surface area contributed by atoms with E-state index in [-0.39, 0.29) is 0 Å². The zero-order valence-electron chi connectivity index (χ0n) is 28.3. The fourth-order valence-electron chi connectivity index (χ4n) is 7.63. The molecule has 0 spiro atoms. The Kier molecular flexibility index (Phi) is 7.14. The molecule has 2 aromatic heterocycles. The van der Waals surface area contributed by atoms with E-state index in [1.165, 1.54) is 27.5 Å². The number of rotatable bonds is 6. The number of nitrogens with zero attached hydrogens (tertiary/aromatic N) is 2. The van der Waals surface area contributed by atoms with Gasteiger partial charge in [0.25, 0.3) is 0 Å². The van der Waals surface area contributed by atoms with Crippen LogP contribution in [0.2, 0.25) is 0 Å².